The molecule has 0 bridgehead atoms. The number of nitrogens with zero attached hydrogens (tertiary/aromatic N) is 3. The van der Waals surface area contributed by atoms with Gasteiger partial charge in [0.1, 0.15) is 0 Å². The van der Waals surface area contributed by atoms with Gasteiger partial charge in [-0.3, -0.25) is 0 Å². The number of sulfonamides is 1. The van der Waals surface area contributed by atoms with E-state index >= 15 is 0 Å². The summed E-state index contributed by atoms with van der Waals surface area (Å²) in [5.41, 5.74) is 0. The van der Waals surface area contributed by atoms with Crippen LogP contribution in [-0.2, 0) is 10.0 Å². The summed E-state index contributed by atoms with van der Waals surface area (Å²) in [6.07, 6.45) is 3.67. The average Bonchev–Trinajstić information content (AvgIpc) is 2.77. The normalized spacial score (nSPS) is 22.6. The number of hydrogen-bond donors (Lipinski definition) is 1. The standard InChI is InChI=1S/C11H20N4O2S2/c1-14(2)7-10-8-18-5-3-4-15(10)19(16,17)11-6-12-9-13-11/h6,9-10H,3-5,7-8H2,1-2H3,(H,12,13). The van der Waals surface area contributed by atoms with Gasteiger partial charge >= 0.3 is 0 Å². The van der Waals surface area contributed by atoms with Gasteiger partial charge < -0.3 is 9.88 Å². The highest BCUT2D eigenvalue weighted by molar-refractivity contribution is 7.99. The zero-order valence-electron chi connectivity index (χ0n) is 11.2. The van der Waals surface area contributed by atoms with Crippen LogP contribution in [0, 0.1) is 0 Å². The molecule has 1 aliphatic rings. The number of thioether (sulfide) groups is 1. The summed E-state index contributed by atoms with van der Waals surface area (Å²) in [4.78, 5) is 8.56. The molecule has 1 fully saturated rings. The molecule has 2 rings (SSSR count). The summed E-state index contributed by atoms with van der Waals surface area (Å²) < 4.78 is 26.9. The highest BCUT2D eigenvalue weighted by Crippen LogP contribution is 2.23. The number of aromatic amines is 1. The van der Waals surface area contributed by atoms with Crippen LogP contribution < -0.4 is 0 Å². The van der Waals surface area contributed by atoms with Crippen LogP contribution in [0.3, 0.4) is 0 Å². The third-order valence-electron chi connectivity index (χ3n) is 3.02. The largest absolute Gasteiger partial charge is 0.335 e. The summed E-state index contributed by atoms with van der Waals surface area (Å²) >= 11 is 1.82. The predicted molar refractivity (Wildman–Crippen MR) is 76.8 cm³/mol. The van der Waals surface area contributed by atoms with Gasteiger partial charge in [0.05, 0.1) is 12.5 Å². The molecule has 0 saturated carbocycles. The third-order valence-corrected chi connectivity index (χ3v) is 6.10. The fraction of sp³-hybridized carbons (Fsp3) is 0.727. The van der Waals surface area contributed by atoms with E-state index < -0.39 is 10.0 Å². The number of rotatable bonds is 4. The Morgan fingerprint density at radius 3 is 3.00 bits per heavy atom. The van der Waals surface area contributed by atoms with Crippen molar-refractivity contribution in [3.05, 3.63) is 12.5 Å². The second-order valence-electron chi connectivity index (χ2n) is 4.88. The molecular formula is C11H20N4O2S2. The molecule has 0 aromatic carbocycles. The fourth-order valence-electron chi connectivity index (χ4n) is 2.20. The Bertz CT molecular complexity index is 487. The number of hydrogen-bond acceptors (Lipinski definition) is 5. The molecule has 8 heteroatoms. The Hall–Kier alpha value is -0.570. The monoisotopic (exact) mass is 304 g/mol. The first-order valence-corrected chi connectivity index (χ1v) is 8.84. The number of imidazole rings is 1. The second-order valence-corrected chi connectivity index (χ2v) is 7.88. The molecule has 1 N–H and O–H groups in total. The molecule has 1 aliphatic heterocycles. The van der Waals surface area contributed by atoms with E-state index in [1.807, 2.05) is 30.8 Å². The Morgan fingerprint density at radius 2 is 2.37 bits per heavy atom. The van der Waals surface area contributed by atoms with E-state index in [-0.39, 0.29) is 11.1 Å². The summed E-state index contributed by atoms with van der Waals surface area (Å²) in [6, 6.07) is 0.01000. The average molecular weight is 304 g/mol. The minimum absolute atomic E-state index is 0.01000. The van der Waals surface area contributed by atoms with Crippen LogP contribution in [0.15, 0.2) is 17.6 Å². The molecule has 0 spiro atoms. The van der Waals surface area contributed by atoms with Crippen molar-refractivity contribution in [3.63, 3.8) is 0 Å². The molecular weight excluding hydrogens is 284 g/mol. The van der Waals surface area contributed by atoms with Crippen LogP contribution in [0.25, 0.3) is 0 Å². The van der Waals surface area contributed by atoms with Crippen LogP contribution in [-0.4, -0.2) is 72.3 Å². The molecule has 1 saturated heterocycles. The van der Waals surface area contributed by atoms with Crippen molar-refractivity contribution in [2.24, 2.45) is 0 Å². The third kappa shape index (κ3) is 3.50. The number of likely N-dealkylation sites (N-methyl/N-ethyl adjacent to an activating group) is 1. The zero-order valence-corrected chi connectivity index (χ0v) is 12.9. The van der Waals surface area contributed by atoms with Gasteiger partial charge in [0.2, 0.25) is 0 Å². The molecule has 0 aliphatic carbocycles. The van der Waals surface area contributed by atoms with E-state index in [9.17, 15) is 8.42 Å². The lowest BCUT2D eigenvalue weighted by Crippen LogP contribution is -2.46. The Morgan fingerprint density at radius 1 is 1.58 bits per heavy atom. The summed E-state index contributed by atoms with van der Waals surface area (Å²) in [5, 5.41) is 0.183. The van der Waals surface area contributed by atoms with Crippen LogP contribution in [0.2, 0.25) is 0 Å². The molecule has 1 aromatic heterocycles. The smallest absolute Gasteiger partial charge is 0.260 e. The maximum atomic E-state index is 12.6. The lowest BCUT2D eigenvalue weighted by Gasteiger charge is -2.30. The summed E-state index contributed by atoms with van der Waals surface area (Å²) in [5.74, 6) is 1.85. The predicted octanol–water partition coefficient (Wildman–Crippen LogP) is 0.468. The highest BCUT2D eigenvalue weighted by Gasteiger charge is 2.33. The van der Waals surface area contributed by atoms with E-state index in [0.29, 0.717) is 6.54 Å². The second kappa shape index (κ2) is 6.25. The van der Waals surface area contributed by atoms with E-state index in [2.05, 4.69) is 9.97 Å². The highest BCUT2D eigenvalue weighted by atomic mass is 32.2. The van der Waals surface area contributed by atoms with Crippen molar-refractivity contribution < 1.29 is 8.42 Å². The molecule has 1 unspecified atom stereocenters. The van der Waals surface area contributed by atoms with Gasteiger partial charge in [0.15, 0.2) is 5.03 Å². The molecule has 0 radical (unpaired) electrons. The maximum Gasteiger partial charge on any atom is 0.260 e. The quantitative estimate of drug-likeness (QED) is 0.875. The van der Waals surface area contributed by atoms with Crippen molar-refractivity contribution >= 4 is 21.8 Å². The molecule has 2 heterocycles. The molecule has 6 nitrogen and oxygen atoms in total. The van der Waals surface area contributed by atoms with Crippen LogP contribution >= 0.6 is 11.8 Å². The Labute approximate surface area is 118 Å². The summed E-state index contributed by atoms with van der Waals surface area (Å²) in [6.45, 7) is 1.31. The van der Waals surface area contributed by atoms with E-state index in [1.54, 1.807) is 4.31 Å². The van der Waals surface area contributed by atoms with Crippen molar-refractivity contribution in [1.29, 1.82) is 0 Å². The molecule has 1 aromatic rings. The van der Waals surface area contributed by atoms with Crippen molar-refractivity contribution in [2.75, 3.05) is 38.7 Å². The molecule has 1 atom stereocenters. The van der Waals surface area contributed by atoms with Gasteiger partial charge in [0.25, 0.3) is 10.0 Å². The number of nitrogens with one attached hydrogen (secondary N) is 1. The van der Waals surface area contributed by atoms with Crippen LogP contribution in [0.1, 0.15) is 6.42 Å². The minimum atomic E-state index is -3.46. The van der Waals surface area contributed by atoms with Gasteiger partial charge in [-0.2, -0.15) is 16.1 Å². The van der Waals surface area contributed by atoms with Gasteiger partial charge in [-0.25, -0.2) is 13.4 Å². The Kier molecular flexibility index (Phi) is 4.88. The summed E-state index contributed by atoms with van der Waals surface area (Å²) in [7, 11) is 0.476. The number of H-pyrrole nitrogens is 1. The topological polar surface area (TPSA) is 69.3 Å². The van der Waals surface area contributed by atoms with Crippen molar-refractivity contribution in [2.45, 2.75) is 17.5 Å². The van der Waals surface area contributed by atoms with E-state index in [4.69, 9.17) is 0 Å². The van der Waals surface area contributed by atoms with Crippen LogP contribution in [0.5, 0.6) is 0 Å². The zero-order chi connectivity index (χ0) is 13.9. The first kappa shape index (κ1) is 14.8. The Balaban J connectivity index is 2.27. The van der Waals surface area contributed by atoms with E-state index in [1.165, 1.54) is 12.5 Å². The van der Waals surface area contributed by atoms with Crippen molar-refractivity contribution in [1.82, 2.24) is 19.2 Å². The SMILES string of the molecule is CN(C)CC1CSCCCN1S(=O)(=O)c1cnc[nH]1. The van der Waals surface area contributed by atoms with Gasteiger partial charge in [-0.1, -0.05) is 0 Å². The first-order valence-electron chi connectivity index (χ1n) is 6.24. The van der Waals surface area contributed by atoms with Crippen molar-refractivity contribution in [3.8, 4) is 0 Å². The molecule has 0 amide bonds. The molecule has 108 valence electrons. The first-order chi connectivity index (χ1) is 9.01. The lowest BCUT2D eigenvalue weighted by atomic mass is 10.3. The van der Waals surface area contributed by atoms with Gasteiger partial charge in [-0.15, -0.1) is 0 Å². The van der Waals surface area contributed by atoms with E-state index in [0.717, 1.165) is 24.5 Å². The molecule has 19 heavy (non-hydrogen) atoms. The maximum absolute atomic E-state index is 12.6. The lowest BCUT2D eigenvalue weighted by molar-refractivity contribution is 0.271. The number of aromatic nitrogens is 2. The fourth-order valence-corrected chi connectivity index (χ4v) is 4.90. The van der Waals surface area contributed by atoms with Gasteiger partial charge in [-0.05, 0) is 26.3 Å². The minimum Gasteiger partial charge on any atom is -0.335 e. The van der Waals surface area contributed by atoms with Crippen LogP contribution in [0.4, 0.5) is 0 Å². The van der Waals surface area contributed by atoms with Gasteiger partial charge in [0, 0.05) is 24.9 Å².